The zero-order valence-corrected chi connectivity index (χ0v) is 13.0. The van der Waals surface area contributed by atoms with Gasteiger partial charge in [-0.1, -0.05) is 35.3 Å². The number of rotatable bonds is 3. The summed E-state index contributed by atoms with van der Waals surface area (Å²) in [4.78, 5) is 11.9. The number of aromatic hydroxyl groups is 2. The number of nitrogens with zero attached hydrogens (tertiary/aromatic N) is 1. The van der Waals surface area contributed by atoms with Crippen LogP contribution in [-0.2, 0) is 0 Å². The minimum atomic E-state index is -0.579. The number of hydrogen-bond donors (Lipinski definition) is 3. The molecule has 0 aliphatic carbocycles. The van der Waals surface area contributed by atoms with E-state index in [1.54, 1.807) is 19.1 Å². The molecular formula is C15H12Cl2N2O3. The molecule has 114 valence electrons. The van der Waals surface area contributed by atoms with Gasteiger partial charge in [-0.2, -0.15) is 5.10 Å². The fourth-order valence-corrected chi connectivity index (χ4v) is 2.26. The second-order valence-electron chi connectivity index (χ2n) is 4.44. The highest BCUT2D eigenvalue weighted by Crippen LogP contribution is 2.31. The summed E-state index contributed by atoms with van der Waals surface area (Å²) in [5.41, 5.74) is 3.00. The maximum Gasteiger partial charge on any atom is 0.275 e. The minimum absolute atomic E-state index is 0.0871. The van der Waals surface area contributed by atoms with Crippen molar-refractivity contribution in [1.82, 2.24) is 5.43 Å². The molecule has 0 aromatic heterocycles. The lowest BCUT2D eigenvalue weighted by Crippen LogP contribution is -2.19. The van der Waals surface area contributed by atoms with Crippen LogP contribution < -0.4 is 5.43 Å². The van der Waals surface area contributed by atoms with E-state index in [1.165, 1.54) is 24.3 Å². The van der Waals surface area contributed by atoms with E-state index in [-0.39, 0.29) is 22.1 Å². The first-order chi connectivity index (χ1) is 10.4. The SMILES string of the molecule is C/C(=N\NC(=O)c1ccccc1O)c1cc(Cl)cc(Cl)c1O. The lowest BCUT2D eigenvalue weighted by atomic mass is 10.1. The van der Waals surface area contributed by atoms with Gasteiger partial charge in [0, 0.05) is 10.6 Å². The molecule has 0 aliphatic heterocycles. The molecule has 0 saturated heterocycles. The van der Waals surface area contributed by atoms with Crippen LogP contribution in [-0.4, -0.2) is 21.8 Å². The molecule has 2 aromatic carbocycles. The second kappa shape index (κ2) is 6.68. The standard InChI is InChI=1S/C15H12Cl2N2O3/c1-8(11-6-9(16)7-12(17)14(11)21)18-19-15(22)10-4-2-3-5-13(10)20/h2-7,20-21H,1H3,(H,19,22)/b18-8+. The number of hydrazone groups is 1. The van der Waals surface area contributed by atoms with Crippen LogP contribution >= 0.6 is 23.2 Å². The first kappa shape index (κ1) is 16.1. The maximum absolute atomic E-state index is 11.9. The number of amides is 1. The Morgan fingerprint density at radius 1 is 1.14 bits per heavy atom. The van der Waals surface area contributed by atoms with Crippen molar-refractivity contribution in [3.63, 3.8) is 0 Å². The third kappa shape index (κ3) is 3.50. The van der Waals surface area contributed by atoms with Crippen LogP contribution in [0.15, 0.2) is 41.5 Å². The number of benzene rings is 2. The summed E-state index contributed by atoms with van der Waals surface area (Å²) in [6.07, 6.45) is 0. The largest absolute Gasteiger partial charge is 0.507 e. The van der Waals surface area contributed by atoms with E-state index in [1.807, 2.05) is 0 Å². The van der Waals surface area contributed by atoms with E-state index >= 15 is 0 Å². The highest BCUT2D eigenvalue weighted by Gasteiger charge is 2.12. The summed E-state index contributed by atoms with van der Waals surface area (Å²) < 4.78 is 0. The Hall–Kier alpha value is -2.24. The highest BCUT2D eigenvalue weighted by atomic mass is 35.5. The predicted octanol–water partition coefficient (Wildman–Crippen LogP) is 3.56. The molecule has 0 heterocycles. The monoisotopic (exact) mass is 338 g/mol. The molecule has 0 saturated carbocycles. The number of halogens is 2. The van der Waals surface area contributed by atoms with Gasteiger partial charge in [0.05, 0.1) is 16.3 Å². The van der Waals surface area contributed by atoms with Crippen molar-refractivity contribution in [2.75, 3.05) is 0 Å². The summed E-state index contributed by atoms with van der Waals surface area (Å²) in [5.74, 6) is -0.907. The van der Waals surface area contributed by atoms with Crippen LogP contribution in [0.1, 0.15) is 22.8 Å². The van der Waals surface area contributed by atoms with Crippen molar-refractivity contribution < 1.29 is 15.0 Å². The van der Waals surface area contributed by atoms with Crippen molar-refractivity contribution in [1.29, 1.82) is 0 Å². The molecule has 0 spiro atoms. The van der Waals surface area contributed by atoms with Crippen molar-refractivity contribution >= 4 is 34.8 Å². The predicted molar refractivity (Wildman–Crippen MR) is 85.9 cm³/mol. The fraction of sp³-hybridized carbons (Fsp3) is 0.0667. The van der Waals surface area contributed by atoms with Gasteiger partial charge >= 0.3 is 0 Å². The van der Waals surface area contributed by atoms with E-state index in [2.05, 4.69) is 10.5 Å². The van der Waals surface area contributed by atoms with Crippen LogP contribution in [0.2, 0.25) is 10.0 Å². The second-order valence-corrected chi connectivity index (χ2v) is 5.28. The Kier molecular flexibility index (Phi) is 4.90. The van der Waals surface area contributed by atoms with E-state index in [0.29, 0.717) is 16.3 Å². The first-order valence-corrected chi connectivity index (χ1v) is 6.96. The smallest absolute Gasteiger partial charge is 0.275 e. The Labute approximate surface area is 136 Å². The number of hydrogen-bond acceptors (Lipinski definition) is 4. The van der Waals surface area contributed by atoms with Gasteiger partial charge in [-0.15, -0.1) is 0 Å². The normalized spacial score (nSPS) is 11.3. The number of carbonyl (C=O) groups excluding carboxylic acids is 1. The lowest BCUT2D eigenvalue weighted by Gasteiger charge is -2.08. The lowest BCUT2D eigenvalue weighted by molar-refractivity contribution is 0.0952. The zero-order valence-electron chi connectivity index (χ0n) is 11.5. The van der Waals surface area contributed by atoms with Gasteiger partial charge in [-0.25, -0.2) is 5.43 Å². The summed E-state index contributed by atoms with van der Waals surface area (Å²) in [6.45, 7) is 1.58. The number of para-hydroxylation sites is 1. The highest BCUT2D eigenvalue weighted by molar-refractivity contribution is 6.36. The van der Waals surface area contributed by atoms with Crippen molar-refractivity contribution in [3.05, 3.63) is 57.6 Å². The van der Waals surface area contributed by atoms with Crippen LogP contribution in [0.5, 0.6) is 11.5 Å². The van der Waals surface area contributed by atoms with Gasteiger partial charge < -0.3 is 10.2 Å². The molecule has 7 heteroatoms. The van der Waals surface area contributed by atoms with Crippen LogP contribution in [0.25, 0.3) is 0 Å². The van der Waals surface area contributed by atoms with Gasteiger partial charge in [0.2, 0.25) is 0 Å². The minimum Gasteiger partial charge on any atom is -0.507 e. The summed E-state index contributed by atoms with van der Waals surface area (Å²) >= 11 is 11.7. The Bertz CT molecular complexity index is 760. The van der Waals surface area contributed by atoms with Crippen molar-refractivity contribution in [2.45, 2.75) is 6.92 Å². The number of phenolic OH excluding ortho intramolecular Hbond substituents is 2. The quantitative estimate of drug-likeness (QED) is 0.591. The molecule has 2 rings (SSSR count). The summed E-state index contributed by atoms with van der Waals surface area (Å²) in [7, 11) is 0. The third-order valence-electron chi connectivity index (χ3n) is 2.89. The van der Waals surface area contributed by atoms with Crippen molar-refractivity contribution in [2.24, 2.45) is 5.10 Å². The molecule has 0 aliphatic rings. The van der Waals surface area contributed by atoms with Gasteiger partial charge in [-0.05, 0) is 31.2 Å². The molecule has 22 heavy (non-hydrogen) atoms. The Balaban J connectivity index is 2.24. The molecule has 0 bridgehead atoms. The zero-order chi connectivity index (χ0) is 16.3. The molecule has 3 N–H and O–H groups in total. The van der Waals surface area contributed by atoms with Crippen LogP contribution in [0, 0.1) is 0 Å². The fourth-order valence-electron chi connectivity index (χ4n) is 1.76. The topological polar surface area (TPSA) is 81.9 Å². The molecule has 0 atom stereocenters. The molecule has 0 fully saturated rings. The number of nitrogens with one attached hydrogen (secondary N) is 1. The van der Waals surface area contributed by atoms with E-state index in [0.717, 1.165) is 0 Å². The van der Waals surface area contributed by atoms with E-state index in [4.69, 9.17) is 23.2 Å². The van der Waals surface area contributed by atoms with Gasteiger partial charge in [0.25, 0.3) is 5.91 Å². The molecule has 0 unspecified atom stereocenters. The van der Waals surface area contributed by atoms with E-state index < -0.39 is 5.91 Å². The van der Waals surface area contributed by atoms with Gasteiger partial charge in [0.15, 0.2) is 0 Å². The Morgan fingerprint density at radius 3 is 2.50 bits per heavy atom. The molecule has 2 aromatic rings. The number of phenols is 2. The summed E-state index contributed by atoms with van der Waals surface area (Å²) in [6, 6.07) is 8.96. The molecule has 5 nitrogen and oxygen atoms in total. The number of carbonyl (C=O) groups is 1. The first-order valence-electron chi connectivity index (χ1n) is 6.21. The summed E-state index contributed by atoms with van der Waals surface area (Å²) in [5, 5.41) is 23.8. The third-order valence-corrected chi connectivity index (χ3v) is 3.40. The van der Waals surface area contributed by atoms with Crippen LogP contribution in [0.3, 0.4) is 0 Å². The molecular weight excluding hydrogens is 327 g/mol. The average Bonchev–Trinajstić information content (AvgIpc) is 2.48. The van der Waals surface area contributed by atoms with Crippen molar-refractivity contribution in [3.8, 4) is 11.5 Å². The maximum atomic E-state index is 11.9. The van der Waals surface area contributed by atoms with Crippen LogP contribution in [0.4, 0.5) is 0 Å². The van der Waals surface area contributed by atoms with E-state index in [9.17, 15) is 15.0 Å². The molecule has 0 radical (unpaired) electrons. The molecule has 1 amide bonds. The van der Waals surface area contributed by atoms with Gasteiger partial charge in [0.1, 0.15) is 11.5 Å². The Morgan fingerprint density at radius 2 is 1.82 bits per heavy atom. The average molecular weight is 339 g/mol. The van der Waals surface area contributed by atoms with Gasteiger partial charge in [-0.3, -0.25) is 4.79 Å².